The molecule has 1 aromatic heterocycles. The van der Waals surface area contributed by atoms with Crippen molar-refractivity contribution >= 4 is 11.7 Å². The largest absolute Gasteiger partial charge is 0.361 e. The van der Waals surface area contributed by atoms with Gasteiger partial charge >= 0.3 is 0 Å². The number of rotatable bonds is 4. The van der Waals surface area contributed by atoms with Gasteiger partial charge in [-0.3, -0.25) is 4.79 Å². The molecular weight excluding hydrogens is 192 g/mol. The molecule has 0 fully saturated rings. The first-order chi connectivity index (χ1) is 7.26. The molecule has 0 atom stereocenters. The van der Waals surface area contributed by atoms with Crippen molar-refractivity contribution in [1.29, 1.82) is 5.26 Å². The first-order valence-corrected chi connectivity index (χ1v) is 4.63. The molecule has 0 aliphatic rings. The van der Waals surface area contributed by atoms with Crippen LogP contribution in [0, 0.1) is 11.3 Å². The molecule has 15 heavy (non-hydrogen) atoms. The molecule has 1 aromatic rings. The quantitative estimate of drug-likeness (QED) is 0.748. The molecule has 0 aromatic carbocycles. The van der Waals surface area contributed by atoms with E-state index in [0.29, 0.717) is 17.9 Å². The van der Waals surface area contributed by atoms with Crippen LogP contribution in [-0.4, -0.2) is 24.0 Å². The predicted octanol–water partition coefficient (Wildman–Crippen LogP) is 0.501. The van der Waals surface area contributed by atoms with Gasteiger partial charge in [0.05, 0.1) is 18.2 Å². The van der Waals surface area contributed by atoms with E-state index in [1.165, 1.54) is 6.20 Å². The van der Waals surface area contributed by atoms with Gasteiger partial charge in [-0.15, -0.1) is 0 Å². The number of likely N-dealkylation sites (N-methyl/N-ethyl adjacent to an activating group) is 1. The van der Waals surface area contributed by atoms with E-state index in [1.54, 1.807) is 12.1 Å². The maximum atomic E-state index is 11.1. The standard InChI is InChI=1S/C10H12N4O/c1-2-12-10(15)7-14-9-5-8(6-11)3-4-13-9/h3-5H,2,7H2,1H3,(H,12,15)(H,13,14). The van der Waals surface area contributed by atoms with Crippen LogP contribution in [0.25, 0.3) is 0 Å². The third kappa shape index (κ3) is 3.65. The van der Waals surface area contributed by atoms with Gasteiger partial charge in [-0.1, -0.05) is 0 Å². The molecule has 5 nitrogen and oxygen atoms in total. The number of amides is 1. The summed E-state index contributed by atoms with van der Waals surface area (Å²) in [6.45, 7) is 2.62. The lowest BCUT2D eigenvalue weighted by atomic mass is 10.3. The minimum Gasteiger partial charge on any atom is -0.361 e. The SMILES string of the molecule is CCNC(=O)CNc1cc(C#N)ccn1. The average Bonchev–Trinajstić information content (AvgIpc) is 2.27. The van der Waals surface area contributed by atoms with E-state index in [1.807, 2.05) is 13.0 Å². The van der Waals surface area contributed by atoms with Crippen LogP contribution >= 0.6 is 0 Å². The van der Waals surface area contributed by atoms with Gasteiger partial charge in [-0.05, 0) is 19.1 Å². The Morgan fingerprint density at radius 2 is 2.47 bits per heavy atom. The van der Waals surface area contributed by atoms with E-state index in [2.05, 4.69) is 15.6 Å². The number of aromatic nitrogens is 1. The molecule has 0 saturated carbocycles. The third-order valence-corrected chi connectivity index (χ3v) is 1.69. The molecule has 0 unspecified atom stereocenters. The van der Waals surface area contributed by atoms with Gasteiger partial charge in [0.1, 0.15) is 5.82 Å². The summed E-state index contributed by atoms with van der Waals surface area (Å²) in [4.78, 5) is 15.1. The minimum atomic E-state index is -0.0957. The normalized spacial score (nSPS) is 9.07. The Balaban J connectivity index is 2.51. The molecule has 0 aliphatic heterocycles. The smallest absolute Gasteiger partial charge is 0.239 e. The summed E-state index contributed by atoms with van der Waals surface area (Å²) in [6.07, 6.45) is 1.53. The number of nitrogens with one attached hydrogen (secondary N) is 2. The molecule has 0 bridgehead atoms. The second-order valence-electron chi connectivity index (χ2n) is 2.85. The molecule has 1 heterocycles. The predicted molar refractivity (Wildman–Crippen MR) is 56.1 cm³/mol. The number of hydrogen-bond donors (Lipinski definition) is 2. The van der Waals surface area contributed by atoms with Crippen LogP contribution < -0.4 is 10.6 Å². The van der Waals surface area contributed by atoms with Crippen molar-refractivity contribution in [1.82, 2.24) is 10.3 Å². The number of anilines is 1. The summed E-state index contributed by atoms with van der Waals surface area (Å²) in [5.74, 6) is 0.432. The number of pyridine rings is 1. The molecule has 2 N–H and O–H groups in total. The Kier molecular flexibility index (Phi) is 4.10. The fraction of sp³-hybridized carbons (Fsp3) is 0.300. The zero-order valence-corrected chi connectivity index (χ0v) is 8.45. The van der Waals surface area contributed by atoms with E-state index in [9.17, 15) is 4.79 Å². The van der Waals surface area contributed by atoms with E-state index in [4.69, 9.17) is 5.26 Å². The highest BCUT2D eigenvalue weighted by Crippen LogP contribution is 2.04. The number of carbonyl (C=O) groups is 1. The number of hydrogen-bond acceptors (Lipinski definition) is 4. The number of carbonyl (C=O) groups excluding carboxylic acids is 1. The van der Waals surface area contributed by atoms with E-state index < -0.39 is 0 Å². The topological polar surface area (TPSA) is 77.8 Å². The first kappa shape index (κ1) is 11.0. The average molecular weight is 204 g/mol. The van der Waals surface area contributed by atoms with Gasteiger partial charge in [0.25, 0.3) is 0 Å². The number of nitrogens with zero attached hydrogens (tertiary/aromatic N) is 2. The van der Waals surface area contributed by atoms with E-state index in [0.717, 1.165) is 0 Å². The number of nitriles is 1. The molecule has 1 rings (SSSR count). The van der Waals surface area contributed by atoms with Crippen LogP contribution in [0.5, 0.6) is 0 Å². The Morgan fingerprint density at radius 3 is 3.13 bits per heavy atom. The lowest BCUT2D eigenvalue weighted by molar-refractivity contribution is -0.119. The Morgan fingerprint density at radius 1 is 1.67 bits per heavy atom. The van der Waals surface area contributed by atoms with Crippen molar-refractivity contribution in [2.45, 2.75) is 6.92 Å². The van der Waals surface area contributed by atoms with E-state index >= 15 is 0 Å². The van der Waals surface area contributed by atoms with Crippen molar-refractivity contribution in [3.63, 3.8) is 0 Å². The summed E-state index contributed by atoms with van der Waals surface area (Å²) in [5.41, 5.74) is 0.517. The molecule has 78 valence electrons. The van der Waals surface area contributed by atoms with E-state index in [-0.39, 0.29) is 12.5 Å². The molecule has 1 amide bonds. The Hall–Kier alpha value is -2.09. The van der Waals surface area contributed by atoms with Crippen LogP contribution in [0.15, 0.2) is 18.3 Å². The monoisotopic (exact) mass is 204 g/mol. The zero-order valence-electron chi connectivity index (χ0n) is 8.45. The molecular formula is C10H12N4O. The highest BCUT2D eigenvalue weighted by molar-refractivity contribution is 5.80. The molecule has 5 heteroatoms. The summed E-state index contributed by atoms with van der Waals surface area (Å²) in [7, 11) is 0. The van der Waals surface area contributed by atoms with Gasteiger partial charge in [-0.25, -0.2) is 4.98 Å². The summed E-state index contributed by atoms with van der Waals surface area (Å²) in [5, 5.41) is 14.1. The molecule has 0 spiro atoms. The van der Waals surface area contributed by atoms with Crippen LogP contribution in [0.4, 0.5) is 5.82 Å². The van der Waals surface area contributed by atoms with Gasteiger partial charge in [0.2, 0.25) is 5.91 Å². The van der Waals surface area contributed by atoms with Crippen molar-refractivity contribution in [2.75, 3.05) is 18.4 Å². The second-order valence-corrected chi connectivity index (χ2v) is 2.85. The Labute approximate surface area is 88.1 Å². The summed E-state index contributed by atoms with van der Waals surface area (Å²) < 4.78 is 0. The van der Waals surface area contributed by atoms with Crippen molar-refractivity contribution in [2.24, 2.45) is 0 Å². The molecule has 0 aliphatic carbocycles. The highest BCUT2D eigenvalue weighted by atomic mass is 16.1. The van der Waals surface area contributed by atoms with Crippen molar-refractivity contribution in [3.8, 4) is 6.07 Å². The van der Waals surface area contributed by atoms with Gasteiger partial charge in [0, 0.05) is 12.7 Å². The fourth-order valence-corrected chi connectivity index (χ4v) is 1.03. The van der Waals surface area contributed by atoms with Crippen molar-refractivity contribution < 1.29 is 4.79 Å². The van der Waals surface area contributed by atoms with Gasteiger partial charge in [0.15, 0.2) is 0 Å². The van der Waals surface area contributed by atoms with Crippen molar-refractivity contribution in [3.05, 3.63) is 23.9 Å². The van der Waals surface area contributed by atoms with Crippen LogP contribution in [0.3, 0.4) is 0 Å². The lowest BCUT2D eigenvalue weighted by Gasteiger charge is -2.05. The van der Waals surface area contributed by atoms with Crippen LogP contribution in [0.2, 0.25) is 0 Å². The van der Waals surface area contributed by atoms with Crippen LogP contribution in [0.1, 0.15) is 12.5 Å². The second kappa shape index (κ2) is 5.60. The maximum Gasteiger partial charge on any atom is 0.239 e. The molecule has 0 saturated heterocycles. The third-order valence-electron chi connectivity index (χ3n) is 1.69. The molecule has 0 radical (unpaired) electrons. The van der Waals surface area contributed by atoms with Gasteiger partial charge < -0.3 is 10.6 Å². The lowest BCUT2D eigenvalue weighted by Crippen LogP contribution is -2.29. The summed E-state index contributed by atoms with van der Waals surface area (Å²) >= 11 is 0. The Bertz CT molecular complexity index is 383. The fourth-order valence-electron chi connectivity index (χ4n) is 1.03. The zero-order chi connectivity index (χ0) is 11.1. The maximum absolute atomic E-state index is 11.1. The minimum absolute atomic E-state index is 0.0957. The summed E-state index contributed by atoms with van der Waals surface area (Å²) in [6, 6.07) is 5.20. The van der Waals surface area contributed by atoms with Crippen LogP contribution in [-0.2, 0) is 4.79 Å². The highest BCUT2D eigenvalue weighted by Gasteiger charge is 2.00. The first-order valence-electron chi connectivity index (χ1n) is 4.63. The van der Waals surface area contributed by atoms with Gasteiger partial charge in [-0.2, -0.15) is 5.26 Å².